The summed E-state index contributed by atoms with van der Waals surface area (Å²) in [6.45, 7) is 0. The first-order chi connectivity index (χ1) is 15.1. The van der Waals surface area contributed by atoms with Crippen molar-refractivity contribution in [3.8, 4) is 11.4 Å². The molecule has 1 N–H and O–H groups in total. The van der Waals surface area contributed by atoms with E-state index in [9.17, 15) is 14.4 Å². The van der Waals surface area contributed by atoms with E-state index in [-0.39, 0.29) is 18.0 Å². The highest BCUT2D eigenvalue weighted by Crippen LogP contribution is 2.35. The molecule has 0 spiro atoms. The number of methoxy groups -OCH3 is 1. The first-order valence-corrected chi connectivity index (χ1v) is 9.89. The molecule has 1 amide bonds. The molecule has 1 aromatic carbocycles. The Morgan fingerprint density at radius 1 is 1.19 bits per heavy atom. The Morgan fingerprint density at radius 2 is 1.97 bits per heavy atom. The molecule has 1 saturated carbocycles. The van der Waals surface area contributed by atoms with Gasteiger partial charge in [0, 0.05) is 18.8 Å². The van der Waals surface area contributed by atoms with E-state index in [0.717, 1.165) is 25.5 Å². The van der Waals surface area contributed by atoms with Gasteiger partial charge >= 0.3 is 5.97 Å². The number of carbonyl (C=O) groups is 3. The molecule has 0 radical (unpaired) electrons. The average Bonchev–Trinajstić information content (AvgIpc) is 3.56. The molecule has 4 rings (SSSR count). The van der Waals surface area contributed by atoms with Gasteiger partial charge in [0.15, 0.2) is 0 Å². The largest absolute Gasteiger partial charge is 0.463 e. The number of hydrogen-bond donors (Lipinski definition) is 1. The van der Waals surface area contributed by atoms with E-state index in [0.29, 0.717) is 11.4 Å². The number of aromatic nitrogens is 4. The van der Waals surface area contributed by atoms with Crippen LogP contribution >= 0.6 is 0 Å². The number of benzene rings is 1. The molecule has 2 heterocycles. The second kappa shape index (κ2) is 8.86. The van der Waals surface area contributed by atoms with Crippen molar-refractivity contribution in [3.05, 3.63) is 66.2 Å². The summed E-state index contributed by atoms with van der Waals surface area (Å²) in [7, 11) is 1.13. The lowest BCUT2D eigenvalue weighted by Gasteiger charge is -2.16. The van der Waals surface area contributed by atoms with Gasteiger partial charge in [-0.3, -0.25) is 14.3 Å². The van der Waals surface area contributed by atoms with Gasteiger partial charge in [0.05, 0.1) is 24.4 Å². The van der Waals surface area contributed by atoms with E-state index in [2.05, 4.69) is 25.1 Å². The SMILES string of the molecule is COC(=O)C(=O)C(Cc1ccccc1)NC(=O)c1cn(C2CC2)nc1-c1ccncn1. The fraction of sp³-hybridized carbons (Fsp3) is 0.273. The van der Waals surface area contributed by atoms with Gasteiger partial charge in [-0.25, -0.2) is 14.8 Å². The van der Waals surface area contributed by atoms with Crippen LogP contribution in [0.25, 0.3) is 11.4 Å². The standard InChI is InChI=1S/C22H21N5O4/c1-31-22(30)20(28)18(11-14-5-3-2-4-6-14)25-21(29)16-12-27(15-7-8-15)26-19(16)17-9-10-23-13-24-17/h2-6,9-10,12-13,15,18H,7-8,11H2,1H3,(H,25,29). The van der Waals surface area contributed by atoms with Crippen molar-refractivity contribution in [3.63, 3.8) is 0 Å². The van der Waals surface area contributed by atoms with E-state index in [1.807, 2.05) is 30.3 Å². The highest BCUT2D eigenvalue weighted by Gasteiger charge is 2.32. The van der Waals surface area contributed by atoms with E-state index in [4.69, 9.17) is 0 Å². The number of Topliss-reactive ketones (excluding diaryl/α,β-unsaturated/α-hetero) is 1. The number of carbonyl (C=O) groups excluding carboxylic acids is 3. The van der Waals surface area contributed by atoms with Crippen LogP contribution in [0, 0.1) is 0 Å². The zero-order valence-corrected chi connectivity index (χ0v) is 16.9. The zero-order chi connectivity index (χ0) is 21.8. The van der Waals surface area contributed by atoms with Crippen LogP contribution in [-0.2, 0) is 20.7 Å². The van der Waals surface area contributed by atoms with Gasteiger partial charge in [0.2, 0.25) is 0 Å². The van der Waals surface area contributed by atoms with Gasteiger partial charge in [0.25, 0.3) is 11.7 Å². The molecule has 0 aliphatic heterocycles. The van der Waals surface area contributed by atoms with Crippen molar-refractivity contribution in [1.29, 1.82) is 0 Å². The Morgan fingerprint density at radius 3 is 2.61 bits per heavy atom. The average molecular weight is 419 g/mol. The van der Waals surface area contributed by atoms with Gasteiger partial charge in [-0.2, -0.15) is 5.10 Å². The maximum absolute atomic E-state index is 13.2. The molecule has 2 aromatic heterocycles. The number of nitrogens with one attached hydrogen (secondary N) is 1. The molecule has 1 fully saturated rings. The third-order valence-electron chi connectivity index (χ3n) is 5.01. The molecule has 9 heteroatoms. The minimum absolute atomic E-state index is 0.153. The Kier molecular flexibility index (Phi) is 5.83. The van der Waals surface area contributed by atoms with Crippen LogP contribution in [0.5, 0.6) is 0 Å². The number of hydrogen-bond acceptors (Lipinski definition) is 7. The topological polar surface area (TPSA) is 116 Å². The number of rotatable bonds is 8. The van der Waals surface area contributed by atoms with E-state index < -0.39 is 23.7 Å². The smallest absolute Gasteiger partial charge is 0.376 e. The van der Waals surface area contributed by atoms with Crippen molar-refractivity contribution in [2.75, 3.05) is 7.11 Å². The quantitative estimate of drug-likeness (QED) is 0.437. The lowest BCUT2D eigenvalue weighted by atomic mass is 10.0. The molecule has 0 bridgehead atoms. The summed E-state index contributed by atoms with van der Waals surface area (Å²) < 4.78 is 6.33. The van der Waals surface area contributed by atoms with Gasteiger partial charge < -0.3 is 10.1 Å². The first-order valence-electron chi connectivity index (χ1n) is 9.89. The van der Waals surface area contributed by atoms with Crippen molar-refractivity contribution >= 4 is 17.7 Å². The van der Waals surface area contributed by atoms with E-state index >= 15 is 0 Å². The summed E-state index contributed by atoms with van der Waals surface area (Å²) in [5.74, 6) is -2.34. The molecule has 0 saturated heterocycles. The Bertz CT molecular complexity index is 1090. The van der Waals surface area contributed by atoms with Gasteiger partial charge in [-0.15, -0.1) is 0 Å². The van der Waals surface area contributed by atoms with E-state index in [1.54, 1.807) is 23.1 Å². The number of nitrogens with zero attached hydrogens (tertiary/aromatic N) is 4. The molecule has 3 aromatic rings. The Labute approximate surface area is 178 Å². The highest BCUT2D eigenvalue weighted by atomic mass is 16.5. The van der Waals surface area contributed by atoms with Crippen LogP contribution in [0.15, 0.2) is 55.1 Å². The van der Waals surface area contributed by atoms with Crippen LogP contribution in [0.1, 0.15) is 34.8 Å². The lowest BCUT2D eigenvalue weighted by Crippen LogP contribution is -2.45. The molecular weight excluding hydrogens is 398 g/mol. The lowest BCUT2D eigenvalue weighted by molar-refractivity contribution is -0.152. The second-order valence-corrected chi connectivity index (χ2v) is 7.27. The van der Waals surface area contributed by atoms with Crippen molar-refractivity contribution in [2.24, 2.45) is 0 Å². The third-order valence-corrected chi connectivity index (χ3v) is 5.01. The van der Waals surface area contributed by atoms with Crippen LogP contribution in [0.4, 0.5) is 0 Å². The molecule has 158 valence electrons. The monoisotopic (exact) mass is 419 g/mol. The zero-order valence-electron chi connectivity index (χ0n) is 16.9. The summed E-state index contributed by atoms with van der Waals surface area (Å²) in [4.78, 5) is 45.8. The predicted molar refractivity (Wildman–Crippen MR) is 110 cm³/mol. The van der Waals surface area contributed by atoms with Gasteiger partial charge in [0.1, 0.15) is 18.1 Å². The van der Waals surface area contributed by atoms with E-state index in [1.165, 1.54) is 6.33 Å². The number of ketones is 1. The highest BCUT2D eigenvalue weighted by molar-refractivity contribution is 6.36. The molecular formula is C22H21N5O4. The normalized spacial score (nSPS) is 14.0. The fourth-order valence-electron chi connectivity index (χ4n) is 3.24. The van der Waals surface area contributed by atoms with Crippen LogP contribution in [-0.4, -0.2) is 50.6 Å². The molecule has 1 aliphatic rings. The molecule has 9 nitrogen and oxygen atoms in total. The van der Waals surface area contributed by atoms with Crippen molar-refractivity contribution in [2.45, 2.75) is 31.3 Å². The number of ether oxygens (including phenoxy) is 1. The minimum Gasteiger partial charge on any atom is -0.463 e. The predicted octanol–water partition coefficient (Wildman–Crippen LogP) is 1.76. The summed E-state index contributed by atoms with van der Waals surface area (Å²) in [5, 5.41) is 7.23. The van der Waals surface area contributed by atoms with Crippen molar-refractivity contribution < 1.29 is 19.1 Å². The Hall–Kier alpha value is -3.88. The van der Waals surface area contributed by atoms with Gasteiger partial charge in [-0.05, 0) is 24.5 Å². The minimum atomic E-state index is -1.08. The Balaban J connectivity index is 1.63. The maximum Gasteiger partial charge on any atom is 0.376 e. The van der Waals surface area contributed by atoms with Crippen LogP contribution < -0.4 is 5.32 Å². The third kappa shape index (κ3) is 4.66. The van der Waals surface area contributed by atoms with Crippen molar-refractivity contribution in [1.82, 2.24) is 25.1 Å². The molecule has 1 unspecified atom stereocenters. The summed E-state index contributed by atoms with van der Waals surface area (Å²) in [6, 6.07) is 9.97. The van der Waals surface area contributed by atoms with Crippen LogP contribution in [0.3, 0.4) is 0 Å². The number of esters is 1. The fourth-order valence-corrected chi connectivity index (χ4v) is 3.24. The van der Waals surface area contributed by atoms with Crippen LogP contribution in [0.2, 0.25) is 0 Å². The summed E-state index contributed by atoms with van der Waals surface area (Å²) in [6.07, 6.45) is 6.74. The maximum atomic E-state index is 13.2. The molecule has 1 aliphatic carbocycles. The number of amides is 1. The first kappa shape index (κ1) is 20.4. The summed E-state index contributed by atoms with van der Waals surface area (Å²) >= 11 is 0. The molecule has 31 heavy (non-hydrogen) atoms. The summed E-state index contributed by atoms with van der Waals surface area (Å²) in [5.41, 5.74) is 1.98. The second-order valence-electron chi connectivity index (χ2n) is 7.27. The molecule has 1 atom stereocenters. The van der Waals surface area contributed by atoms with Gasteiger partial charge in [-0.1, -0.05) is 30.3 Å².